The second kappa shape index (κ2) is 12.8. The van der Waals surface area contributed by atoms with Gasteiger partial charge in [-0.05, 0) is 42.0 Å². The number of ether oxygens (including phenoxy) is 2. The van der Waals surface area contributed by atoms with Crippen molar-refractivity contribution in [1.29, 1.82) is 0 Å². The molecule has 2 aromatic carbocycles. The maximum Gasteiger partial charge on any atom is 0.266 e. The van der Waals surface area contributed by atoms with E-state index < -0.39 is 23.6 Å². The number of amides is 1. The molecule has 0 saturated carbocycles. The zero-order valence-corrected chi connectivity index (χ0v) is 20.8. The molecule has 0 spiro atoms. The van der Waals surface area contributed by atoms with Gasteiger partial charge in [0.25, 0.3) is 5.91 Å². The fourth-order valence-corrected chi connectivity index (χ4v) is 3.86. The van der Waals surface area contributed by atoms with Crippen molar-refractivity contribution in [2.75, 3.05) is 26.4 Å². The lowest BCUT2D eigenvalue weighted by Crippen LogP contribution is -2.56. The Morgan fingerprint density at radius 2 is 1.86 bits per heavy atom. The zero-order valence-electron chi connectivity index (χ0n) is 19.2. The van der Waals surface area contributed by atoms with Gasteiger partial charge in [0, 0.05) is 29.5 Å². The molecule has 0 aromatic heterocycles. The molecule has 2 atom stereocenters. The molecule has 5 N–H and O–H groups in total. The molecule has 1 heterocycles. The maximum atomic E-state index is 13.5. The van der Waals surface area contributed by atoms with Crippen molar-refractivity contribution >= 4 is 27.7 Å². The first-order valence-corrected chi connectivity index (χ1v) is 12.0. The molecule has 0 fully saturated rings. The normalized spacial score (nSPS) is 19.2. The topological polar surface area (TPSA) is 133 Å². The Morgan fingerprint density at radius 1 is 1.17 bits per heavy atom. The molecule has 3 rings (SSSR count). The highest BCUT2D eigenvalue weighted by Gasteiger charge is 2.52. The third-order valence-corrected chi connectivity index (χ3v) is 6.02. The summed E-state index contributed by atoms with van der Waals surface area (Å²) in [5, 5.41) is 27.6. The van der Waals surface area contributed by atoms with Crippen LogP contribution < -0.4 is 15.6 Å². The van der Waals surface area contributed by atoms with Crippen LogP contribution in [0.15, 0.2) is 70.7 Å². The Bertz CT molecular complexity index is 1010. The number of aliphatic imine (C=N–C) groups is 1. The number of benzene rings is 2. The van der Waals surface area contributed by atoms with E-state index in [2.05, 4.69) is 33.4 Å². The number of nitrogens with one attached hydrogen (secondary N) is 2. The van der Waals surface area contributed by atoms with Crippen LogP contribution in [0.1, 0.15) is 30.1 Å². The van der Waals surface area contributed by atoms with Crippen molar-refractivity contribution in [3.63, 3.8) is 0 Å². The number of hydrazine groups is 1. The molecule has 1 amide bonds. The Hall–Kier alpha value is -2.76. The molecule has 0 bridgehead atoms. The molecule has 35 heavy (non-hydrogen) atoms. The number of halogens is 1. The quantitative estimate of drug-likeness (QED) is 0.147. The Labute approximate surface area is 212 Å². The standard InChI is InChI=1S/C25H30BrN3O6/c1-2-12-25(24(33)29-28-20(15-31)16-32)22(17-4-8-19(26)9-5-17)35-23(27-25)18-6-10-21(11-7-18)34-14-3-13-30/h2,4-11,20,22,28,30-32H,1,3,12-16H2,(H,29,33)/t22-,25-/m0/s1. The number of aliphatic hydroxyl groups is 3. The van der Waals surface area contributed by atoms with Gasteiger partial charge in [0.15, 0.2) is 11.6 Å². The first-order valence-electron chi connectivity index (χ1n) is 11.2. The summed E-state index contributed by atoms with van der Waals surface area (Å²) in [5.74, 6) is 0.442. The average molecular weight is 548 g/mol. The highest BCUT2D eigenvalue weighted by Crippen LogP contribution is 2.42. The minimum atomic E-state index is -1.39. The predicted octanol–water partition coefficient (Wildman–Crippen LogP) is 2.02. The zero-order chi connectivity index (χ0) is 25.3. The summed E-state index contributed by atoms with van der Waals surface area (Å²) in [6, 6.07) is 13.8. The minimum absolute atomic E-state index is 0.0554. The predicted molar refractivity (Wildman–Crippen MR) is 135 cm³/mol. The van der Waals surface area contributed by atoms with Gasteiger partial charge < -0.3 is 24.8 Å². The molecule has 9 nitrogen and oxygen atoms in total. The van der Waals surface area contributed by atoms with E-state index in [4.69, 9.17) is 19.6 Å². The van der Waals surface area contributed by atoms with Crippen LogP contribution in [-0.4, -0.2) is 65.1 Å². The van der Waals surface area contributed by atoms with Gasteiger partial charge in [-0.3, -0.25) is 10.2 Å². The highest BCUT2D eigenvalue weighted by molar-refractivity contribution is 9.10. The first-order chi connectivity index (χ1) is 17.0. The molecule has 0 aliphatic carbocycles. The van der Waals surface area contributed by atoms with E-state index in [9.17, 15) is 15.0 Å². The van der Waals surface area contributed by atoms with Crippen LogP contribution in [0.5, 0.6) is 5.75 Å². The van der Waals surface area contributed by atoms with Crippen LogP contribution >= 0.6 is 15.9 Å². The van der Waals surface area contributed by atoms with Crippen molar-refractivity contribution in [1.82, 2.24) is 10.9 Å². The molecule has 1 aliphatic heterocycles. The van der Waals surface area contributed by atoms with Crippen molar-refractivity contribution < 1.29 is 29.6 Å². The third kappa shape index (κ3) is 6.47. The van der Waals surface area contributed by atoms with E-state index in [0.29, 0.717) is 24.3 Å². The summed E-state index contributed by atoms with van der Waals surface area (Å²) in [7, 11) is 0. The van der Waals surface area contributed by atoms with Crippen LogP contribution in [0.4, 0.5) is 0 Å². The van der Waals surface area contributed by atoms with Crippen LogP contribution in [0.2, 0.25) is 0 Å². The first kappa shape index (κ1) is 26.8. The monoisotopic (exact) mass is 547 g/mol. The smallest absolute Gasteiger partial charge is 0.266 e. The molecule has 0 unspecified atom stereocenters. The van der Waals surface area contributed by atoms with Gasteiger partial charge in [-0.25, -0.2) is 10.4 Å². The maximum absolute atomic E-state index is 13.5. The molecule has 2 aromatic rings. The van der Waals surface area contributed by atoms with Crippen LogP contribution in [0.3, 0.4) is 0 Å². The molecular formula is C25H30BrN3O6. The molecular weight excluding hydrogens is 518 g/mol. The number of carbonyl (C=O) groups excluding carboxylic acids is 1. The van der Waals surface area contributed by atoms with E-state index in [1.54, 1.807) is 30.3 Å². The lowest BCUT2D eigenvalue weighted by atomic mass is 9.84. The van der Waals surface area contributed by atoms with Crippen molar-refractivity contribution in [2.24, 2.45) is 4.99 Å². The van der Waals surface area contributed by atoms with Crippen molar-refractivity contribution in [3.8, 4) is 5.75 Å². The summed E-state index contributed by atoms with van der Waals surface area (Å²) < 4.78 is 12.8. The molecule has 0 saturated heterocycles. The van der Waals surface area contributed by atoms with Gasteiger partial charge in [0.2, 0.25) is 5.90 Å². The second-order valence-corrected chi connectivity index (χ2v) is 8.91. The lowest BCUT2D eigenvalue weighted by molar-refractivity contribution is -0.130. The van der Waals surface area contributed by atoms with Crippen LogP contribution in [-0.2, 0) is 9.53 Å². The molecule has 188 valence electrons. The molecule has 1 aliphatic rings. The van der Waals surface area contributed by atoms with Crippen molar-refractivity contribution in [3.05, 3.63) is 76.8 Å². The highest BCUT2D eigenvalue weighted by atomic mass is 79.9. The fraction of sp³-hybridized carbons (Fsp3) is 0.360. The molecule has 10 heteroatoms. The average Bonchev–Trinajstić information content (AvgIpc) is 3.26. The lowest BCUT2D eigenvalue weighted by Gasteiger charge is -2.30. The van der Waals surface area contributed by atoms with E-state index in [1.807, 2.05) is 24.3 Å². The summed E-state index contributed by atoms with van der Waals surface area (Å²) in [6.45, 7) is 3.55. The summed E-state index contributed by atoms with van der Waals surface area (Å²) >= 11 is 3.43. The summed E-state index contributed by atoms with van der Waals surface area (Å²) in [6.07, 6.45) is 1.56. The Kier molecular flexibility index (Phi) is 9.82. The van der Waals surface area contributed by atoms with E-state index in [0.717, 1.165) is 10.0 Å². The van der Waals surface area contributed by atoms with Gasteiger partial charge >= 0.3 is 0 Å². The SMILES string of the molecule is C=CC[C@]1(C(=O)NNC(CO)CO)N=C(c2ccc(OCCCO)cc2)O[C@H]1c1ccc(Br)cc1. The van der Waals surface area contributed by atoms with Gasteiger partial charge in [0.05, 0.1) is 25.9 Å². The minimum Gasteiger partial charge on any atom is -0.494 e. The van der Waals surface area contributed by atoms with E-state index >= 15 is 0 Å². The fourth-order valence-electron chi connectivity index (χ4n) is 3.60. The number of carbonyl (C=O) groups is 1. The van der Waals surface area contributed by atoms with Gasteiger partial charge in [0.1, 0.15) is 5.75 Å². The number of nitrogens with zero attached hydrogens (tertiary/aromatic N) is 1. The van der Waals surface area contributed by atoms with Crippen LogP contribution in [0, 0.1) is 0 Å². The largest absolute Gasteiger partial charge is 0.494 e. The summed E-state index contributed by atoms with van der Waals surface area (Å²) in [5.41, 5.74) is 5.25. The van der Waals surface area contributed by atoms with Gasteiger partial charge in [-0.15, -0.1) is 6.58 Å². The summed E-state index contributed by atoms with van der Waals surface area (Å²) in [4.78, 5) is 18.3. The number of hydrogen-bond acceptors (Lipinski definition) is 8. The molecule has 0 radical (unpaired) electrons. The van der Waals surface area contributed by atoms with Crippen molar-refractivity contribution in [2.45, 2.75) is 30.5 Å². The van der Waals surface area contributed by atoms with E-state index in [-0.39, 0.29) is 32.1 Å². The Morgan fingerprint density at radius 3 is 2.46 bits per heavy atom. The second-order valence-electron chi connectivity index (χ2n) is 7.99. The van der Waals surface area contributed by atoms with Crippen LogP contribution in [0.25, 0.3) is 0 Å². The van der Waals surface area contributed by atoms with Gasteiger partial charge in [-0.1, -0.05) is 34.1 Å². The number of rotatable bonds is 13. The third-order valence-electron chi connectivity index (χ3n) is 5.49. The van der Waals surface area contributed by atoms with E-state index in [1.165, 1.54) is 0 Å². The van der Waals surface area contributed by atoms with Gasteiger partial charge in [-0.2, -0.15) is 0 Å². The number of aliphatic hydroxyl groups excluding tert-OH is 3. The Balaban J connectivity index is 1.95. The number of hydrogen-bond donors (Lipinski definition) is 5.